The van der Waals surface area contributed by atoms with E-state index in [1.165, 1.54) is 0 Å². The standard InChI is InChI=1S/C17H16BrClO2/c1-12-3-8-17(21-11-20-2)15(9-12)16(10-18)13-4-6-14(19)7-5-13/h3-10H,11H2,1-2H3/b16-10+. The lowest BCUT2D eigenvalue weighted by atomic mass is 9.97. The summed E-state index contributed by atoms with van der Waals surface area (Å²) < 4.78 is 10.7. The number of benzene rings is 2. The number of rotatable bonds is 5. The molecule has 2 rings (SSSR count). The number of aryl methyl sites for hydroxylation is 1. The third-order valence-corrected chi connectivity index (χ3v) is 3.73. The zero-order chi connectivity index (χ0) is 15.2. The minimum absolute atomic E-state index is 0.215. The number of methoxy groups -OCH3 is 1. The van der Waals surface area contributed by atoms with Gasteiger partial charge < -0.3 is 9.47 Å². The summed E-state index contributed by atoms with van der Waals surface area (Å²) in [5, 5.41) is 0.716. The van der Waals surface area contributed by atoms with Crippen molar-refractivity contribution in [2.24, 2.45) is 0 Å². The van der Waals surface area contributed by atoms with Crippen LogP contribution < -0.4 is 4.74 Å². The normalized spacial score (nSPS) is 11.5. The molecule has 0 aromatic heterocycles. The molecule has 0 unspecified atom stereocenters. The quantitative estimate of drug-likeness (QED) is 0.657. The molecule has 2 aromatic carbocycles. The molecular formula is C17H16BrClO2. The molecule has 0 atom stereocenters. The van der Waals surface area contributed by atoms with Crippen LogP contribution in [0.25, 0.3) is 5.57 Å². The van der Waals surface area contributed by atoms with Gasteiger partial charge in [0.05, 0.1) is 0 Å². The Morgan fingerprint density at radius 1 is 1.19 bits per heavy atom. The Hall–Kier alpha value is -1.29. The fourth-order valence-corrected chi connectivity index (χ4v) is 2.65. The molecule has 0 N–H and O–H groups in total. The second kappa shape index (κ2) is 7.64. The molecule has 0 aliphatic carbocycles. The molecule has 0 heterocycles. The van der Waals surface area contributed by atoms with Crippen LogP contribution in [-0.4, -0.2) is 13.9 Å². The molecule has 21 heavy (non-hydrogen) atoms. The Morgan fingerprint density at radius 2 is 1.90 bits per heavy atom. The molecule has 0 fully saturated rings. The van der Waals surface area contributed by atoms with Gasteiger partial charge in [0.25, 0.3) is 0 Å². The van der Waals surface area contributed by atoms with E-state index in [0.29, 0.717) is 5.02 Å². The lowest BCUT2D eigenvalue weighted by Crippen LogP contribution is -2.02. The Balaban J connectivity index is 2.46. The zero-order valence-electron chi connectivity index (χ0n) is 11.9. The Morgan fingerprint density at radius 3 is 2.52 bits per heavy atom. The average molecular weight is 368 g/mol. The van der Waals surface area contributed by atoms with Gasteiger partial charge in [-0.05, 0) is 47.3 Å². The van der Waals surface area contributed by atoms with Gasteiger partial charge in [-0.3, -0.25) is 0 Å². The lowest BCUT2D eigenvalue weighted by molar-refractivity contribution is 0.0509. The highest BCUT2D eigenvalue weighted by Gasteiger charge is 2.11. The van der Waals surface area contributed by atoms with Crippen molar-refractivity contribution in [3.8, 4) is 5.75 Å². The van der Waals surface area contributed by atoms with Gasteiger partial charge in [-0.1, -0.05) is 51.3 Å². The van der Waals surface area contributed by atoms with Gasteiger partial charge in [0.1, 0.15) is 5.75 Å². The largest absolute Gasteiger partial charge is 0.467 e. The van der Waals surface area contributed by atoms with Crippen molar-refractivity contribution in [2.45, 2.75) is 6.92 Å². The van der Waals surface area contributed by atoms with E-state index in [1.54, 1.807) is 7.11 Å². The third kappa shape index (κ3) is 4.10. The molecule has 0 amide bonds. The van der Waals surface area contributed by atoms with Crippen molar-refractivity contribution >= 4 is 33.1 Å². The molecule has 0 saturated carbocycles. The van der Waals surface area contributed by atoms with E-state index < -0.39 is 0 Å². The smallest absolute Gasteiger partial charge is 0.188 e. The van der Waals surface area contributed by atoms with Gasteiger partial charge in [-0.2, -0.15) is 0 Å². The molecule has 4 heteroatoms. The van der Waals surface area contributed by atoms with E-state index >= 15 is 0 Å². The van der Waals surface area contributed by atoms with Crippen molar-refractivity contribution in [3.63, 3.8) is 0 Å². The van der Waals surface area contributed by atoms with Gasteiger partial charge in [0.2, 0.25) is 0 Å². The second-order valence-corrected chi connectivity index (χ2v) is 5.47. The maximum Gasteiger partial charge on any atom is 0.188 e. The van der Waals surface area contributed by atoms with Gasteiger partial charge in [0, 0.05) is 17.7 Å². The molecule has 0 saturated heterocycles. The van der Waals surface area contributed by atoms with Gasteiger partial charge >= 0.3 is 0 Å². The summed E-state index contributed by atoms with van der Waals surface area (Å²) in [4.78, 5) is 1.89. The molecule has 0 aliphatic heterocycles. The third-order valence-electron chi connectivity index (χ3n) is 3.02. The van der Waals surface area contributed by atoms with Crippen molar-refractivity contribution in [1.82, 2.24) is 0 Å². The monoisotopic (exact) mass is 366 g/mol. The van der Waals surface area contributed by atoms with E-state index in [4.69, 9.17) is 21.1 Å². The Bertz CT molecular complexity index is 636. The van der Waals surface area contributed by atoms with Crippen LogP contribution in [0.5, 0.6) is 5.75 Å². The molecule has 0 spiro atoms. The first-order valence-electron chi connectivity index (χ1n) is 6.44. The zero-order valence-corrected chi connectivity index (χ0v) is 14.2. The highest BCUT2D eigenvalue weighted by molar-refractivity contribution is 9.11. The maximum atomic E-state index is 5.96. The minimum atomic E-state index is 0.215. The first-order valence-corrected chi connectivity index (χ1v) is 7.74. The summed E-state index contributed by atoms with van der Waals surface area (Å²) in [6, 6.07) is 13.8. The number of halogens is 2. The fourth-order valence-electron chi connectivity index (χ4n) is 2.01. The average Bonchev–Trinajstić information content (AvgIpc) is 2.49. The second-order valence-electron chi connectivity index (χ2n) is 4.58. The van der Waals surface area contributed by atoms with Crippen LogP contribution in [-0.2, 0) is 4.74 Å². The topological polar surface area (TPSA) is 18.5 Å². The van der Waals surface area contributed by atoms with Crippen molar-refractivity contribution in [2.75, 3.05) is 13.9 Å². The summed E-state index contributed by atoms with van der Waals surface area (Å²) in [6.07, 6.45) is 0. The van der Waals surface area contributed by atoms with Crippen LogP contribution in [0, 0.1) is 6.92 Å². The molecular weight excluding hydrogens is 352 g/mol. The van der Waals surface area contributed by atoms with E-state index in [9.17, 15) is 0 Å². The molecule has 110 valence electrons. The molecule has 0 radical (unpaired) electrons. The SMILES string of the molecule is COCOc1ccc(C)cc1/C(=C/Br)c1ccc(Cl)cc1. The van der Waals surface area contributed by atoms with Crippen LogP contribution >= 0.6 is 27.5 Å². The van der Waals surface area contributed by atoms with E-state index in [-0.39, 0.29) is 6.79 Å². The summed E-state index contributed by atoms with van der Waals surface area (Å²) >= 11 is 9.41. The predicted octanol–water partition coefficient (Wildman–Crippen LogP) is 5.42. The van der Waals surface area contributed by atoms with Crippen LogP contribution in [0.1, 0.15) is 16.7 Å². The van der Waals surface area contributed by atoms with Gasteiger partial charge in [-0.25, -0.2) is 0 Å². The Labute approximate surface area is 138 Å². The molecule has 2 aromatic rings. The molecule has 2 nitrogen and oxygen atoms in total. The maximum absolute atomic E-state index is 5.96. The van der Waals surface area contributed by atoms with Crippen molar-refractivity contribution in [3.05, 3.63) is 69.2 Å². The number of hydrogen-bond donors (Lipinski definition) is 0. The van der Waals surface area contributed by atoms with Crippen LogP contribution in [0.15, 0.2) is 47.4 Å². The van der Waals surface area contributed by atoms with E-state index in [0.717, 1.165) is 28.0 Å². The molecule has 0 bridgehead atoms. The molecule has 0 aliphatic rings. The van der Waals surface area contributed by atoms with E-state index in [2.05, 4.69) is 28.9 Å². The van der Waals surface area contributed by atoms with Crippen molar-refractivity contribution < 1.29 is 9.47 Å². The predicted molar refractivity (Wildman–Crippen MR) is 91.1 cm³/mol. The lowest BCUT2D eigenvalue weighted by Gasteiger charge is -2.14. The highest BCUT2D eigenvalue weighted by atomic mass is 79.9. The number of hydrogen-bond acceptors (Lipinski definition) is 2. The van der Waals surface area contributed by atoms with Crippen LogP contribution in [0.3, 0.4) is 0 Å². The fraction of sp³-hybridized carbons (Fsp3) is 0.176. The van der Waals surface area contributed by atoms with E-state index in [1.807, 2.05) is 41.4 Å². The summed E-state index contributed by atoms with van der Waals surface area (Å²) in [7, 11) is 1.61. The number of ether oxygens (including phenoxy) is 2. The summed E-state index contributed by atoms with van der Waals surface area (Å²) in [6.45, 7) is 2.27. The first kappa shape index (κ1) is 16.1. The van der Waals surface area contributed by atoms with Crippen molar-refractivity contribution in [1.29, 1.82) is 0 Å². The van der Waals surface area contributed by atoms with Crippen LogP contribution in [0.4, 0.5) is 0 Å². The summed E-state index contributed by atoms with van der Waals surface area (Å²) in [5.74, 6) is 0.781. The first-order chi connectivity index (χ1) is 10.2. The summed E-state index contributed by atoms with van der Waals surface area (Å²) in [5.41, 5.74) is 4.26. The highest BCUT2D eigenvalue weighted by Crippen LogP contribution is 2.33. The van der Waals surface area contributed by atoms with Gasteiger partial charge in [0.15, 0.2) is 6.79 Å². The minimum Gasteiger partial charge on any atom is -0.467 e. The van der Waals surface area contributed by atoms with Crippen LogP contribution in [0.2, 0.25) is 5.02 Å². The Kier molecular flexibility index (Phi) is 5.85. The van der Waals surface area contributed by atoms with Gasteiger partial charge in [-0.15, -0.1) is 0 Å².